The van der Waals surface area contributed by atoms with E-state index in [2.05, 4.69) is 10.5 Å². The van der Waals surface area contributed by atoms with Crippen molar-refractivity contribution in [2.75, 3.05) is 6.44 Å². The highest BCUT2D eigenvalue weighted by Gasteiger charge is 2.29. The summed E-state index contributed by atoms with van der Waals surface area (Å²) in [5.74, 6) is 0.940. The van der Waals surface area contributed by atoms with Gasteiger partial charge in [0.05, 0.1) is 12.2 Å². The minimum absolute atomic E-state index is 0.256. The lowest BCUT2D eigenvalue weighted by Crippen LogP contribution is -2.41. The van der Waals surface area contributed by atoms with Crippen molar-refractivity contribution in [1.29, 1.82) is 0 Å². The van der Waals surface area contributed by atoms with Gasteiger partial charge in [0.2, 0.25) is 6.10 Å². The second-order valence-electron chi connectivity index (χ2n) is 5.50. The Morgan fingerprint density at radius 1 is 1.20 bits per heavy atom. The van der Waals surface area contributed by atoms with Gasteiger partial charge >= 0.3 is 7.12 Å². The van der Waals surface area contributed by atoms with Crippen LogP contribution in [-0.2, 0) is 9.63 Å². The third kappa shape index (κ3) is 4.59. The summed E-state index contributed by atoms with van der Waals surface area (Å²) < 4.78 is 5.79. The van der Waals surface area contributed by atoms with Crippen molar-refractivity contribution >= 4 is 18.7 Å². The lowest BCUT2D eigenvalue weighted by molar-refractivity contribution is -0.130. The average Bonchev–Trinajstić information content (AvgIpc) is 3.11. The first-order chi connectivity index (χ1) is 12.1. The van der Waals surface area contributed by atoms with Gasteiger partial charge in [-0.05, 0) is 24.3 Å². The third-order valence-electron chi connectivity index (χ3n) is 3.57. The van der Waals surface area contributed by atoms with Gasteiger partial charge in [-0.25, -0.2) is 0 Å². The highest BCUT2D eigenvalue weighted by molar-refractivity contribution is 6.41. The van der Waals surface area contributed by atoms with Crippen molar-refractivity contribution in [3.63, 3.8) is 0 Å². The van der Waals surface area contributed by atoms with Crippen LogP contribution < -0.4 is 10.1 Å². The smallest absolute Gasteiger partial charge is 0.457 e. The van der Waals surface area contributed by atoms with E-state index in [0.717, 1.165) is 11.3 Å². The Labute approximate surface area is 145 Å². The van der Waals surface area contributed by atoms with Crippen molar-refractivity contribution < 1.29 is 24.4 Å². The molecule has 1 amide bonds. The summed E-state index contributed by atoms with van der Waals surface area (Å²) in [6.45, 7) is 0. The first-order valence-electron chi connectivity index (χ1n) is 7.81. The van der Waals surface area contributed by atoms with E-state index in [9.17, 15) is 4.79 Å². The van der Waals surface area contributed by atoms with E-state index in [1.54, 1.807) is 0 Å². The van der Waals surface area contributed by atoms with Crippen LogP contribution in [0, 0.1) is 0 Å². The van der Waals surface area contributed by atoms with Gasteiger partial charge in [-0.2, -0.15) is 0 Å². The Morgan fingerprint density at radius 2 is 1.96 bits per heavy atom. The zero-order valence-electron chi connectivity index (χ0n) is 13.3. The molecule has 0 fully saturated rings. The van der Waals surface area contributed by atoms with Crippen LogP contribution in [0.5, 0.6) is 11.5 Å². The number of amides is 1. The molecule has 8 heteroatoms. The Balaban J connectivity index is 1.63. The van der Waals surface area contributed by atoms with Gasteiger partial charge in [-0.1, -0.05) is 35.5 Å². The number of oxime groups is 1. The fourth-order valence-electron chi connectivity index (χ4n) is 2.36. The quantitative estimate of drug-likeness (QED) is 0.684. The number of nitrogens with zero attached hydrogens (tertiary/aromatic N) is 1. The van der Waals surface area contributed by atoms with Gasteiger partial charge in [0, 0.05) is 12.0 Å². The van der Waals surface area contributed by atoms with E-state index in [4.69, 9.17) is 19.6 Å². The molecule has 0 radical (unpaired) electrons. The number of ether oxygens (including phenoxy) is 1. The fraction of sp³-hybridized carbons (Fsp3) is 0.176. The molecule has 128 valence electrons. The number of para-hydroxylation sites is 1. The van der Waals surface area contributed by atoms with Crippen molar-refractivity contribution in [2.45, 2.75) is 12.5 Å². The SMILES string of the molecule is O=C(NCB(O)O)C1CC(c2cccc(Oc3ccccc3)c2)=NO1. The van der Waals surface area contributed by atoms with Crippen LogP contribution in [-0.4, -0.2) is 41.3 Å². The van der Waals surface area contributed by atoms with Crippen LogP contribution >= 0.6 is 0 Å². The van der Waals surface area contributed by atoms with Crippen LogP contribution in [0.25, 0.3) is 0 Å². The maximum Gasteiger partial charge on any atom is 0.472 e. The fourth-order valence-corrected chi connectivity index (χ4v) is 2.36. The van der Waals surface area contributed by atoms with Gasteiger partial charge in [-0.3, -0.25) is 4.79 Å². The maximum absolute atomic E-state index is 11.9. The molecule has 1 heterocycles. The molecule has 0 spiro atoms. The van der Waals surface area contributed by atoms with Crippen molar-refractivity contribution in [3.8, 4) is 11.5 Å². The summed E-state index contributed by atoms with van der Waals surface area (Å²) in [4.78, 5) is 17.0. The standard InChI is InChI=1S/C17H17BN2O5/c21-17(19-11-18(22)23)16-10-15(20-25-16)12-5-4-8-14(9-12)24-13-6-2-1-3-7-13/h1-9,16,22-23H,10-11H2,(H,19,21). The lowest BCUT2D eigenvalue weighted by Gasteiger charge is -2.09. The summed E-state index contributed by atoms with van der Waals surface area (Å²) >= 11 is 0. The van der Waals surface area contributed by atoms with E-state index in [1.807, 2.05) is 54.6 Å². The molecule has 3 N–H and O–H groups in total. The normalized spacial score (nSPS) is 15.9. The van der Waals surface area contributed by atoms with Gasteiger partial charge in [0.1, 0.15) is 11.5 Å². The molecule has 25 heavy (non-hydrogen) atoms. The van der Waals surface area contributed by atoms with Gasteiger partial charge in [-0.15, -0.1) is 0 Å². The predicted molar refractivity (Wildman–Crippen MR) is 92.2 cm³/mol. The number of rotatable bonds is 6. The first kappa shape index (κ1) is 17.0. The lowest BCUT2D eigenvalue weighted by atomic mass is 9.92. The van der Waals surface area contributed by atoms with Crippen LogP contribution in [0.3, 0.4) is 0 Å². The molecule has 2 aromatic carbocycles. The molecule has 0 aromatic heterocycles. The average molecular weight is 340 g/mol. The van der Waals surface area contributed by atoms with E-state index >= 15 is 0 Å². The summed E-state index contributed by atoms with van der Waals surface area (Å²) in [6.07, 6.45) is -0.747. The van der Waals surface area contributed by atoms with Crippen molar-refractivity contribution in [1.82, 2.24) is 5.32 Å². The molecule has 2 aromatic rings. The molecule has 7 nitrogen and oxygen atoms in total. The van der Waals surface area contributed by atoms with Crippen LogP contribution in [0.4, 0.5) is 0 Å². The molecule has 0 aliphatic carbocycles. The predicted octanol–water partition coefficient (Wildman–Crippen LogP) is 1.10. The maximum atomic E-state index is 11.9. The monoisotopic (exact) mass is 340 g/mol. The number of hydrogen-bond acceptors (Lipinski definition) is 6. The second-order valence-corrected chi connectivity index (χ2v) is 5.50. The Hall–Kier alpha value is -2.84. The minimum atomic E-state index is -1.60. The van der Waals surface area contributed by atoms with Crippen LogP contribution in [0.2, 0.25) is 0 Å². The molecule has 0 saturated carbocycles. The van der Waals surface area contributed by atoms with E-state index < -0.39 is 19.1 Å². The van der Waals surface area contributed by atoms with Crippen LogP contribution in [0.1, 0.15) is 12.0 Å². The minimum Gasteiger partial charge on any atom is -0.457 e. The summed E-state index contributed by atoms with van der Waals surface area (Å²) in [7, 11) is -1.60. The topological polar surface area (TPSA) is 100 Å². The Morgan fingerprint density at radius 3 is 2.72 bits per heavy atom. The summed E-state index contributed by atoms with van der Waals surface area (Å²) in [5, 5.41) is 23.9. The molecular formula is C17H17BN2O5. The molecule has 1 unspecified atom stereocenters. The van der Waals surface area contributed by atoms with Crippen molar-refractivity contribution in [3.05, 3.63) is 60.2 Å². The van der Waals surface area contributed by atoms with E-state index in [-0.39, 0.29) is 6.44 Å². The van der Waals surface area contributed by atoms with Gasteiger partial charge in [0.25, 0.3) is 5.91 Å². The molecular weight excluding hydrogens is 323 g/mol. The number of hydrogen-bond donors (Lipinski definition) is 3. The van der Waals surface area contributed by atoms with E-state index in [1.165, 1.54) is 0 Å². The number of carbonyl (C=O) groups is 1. The summed E-state index contributed by atoms with van der Waals surface area (Å²) in [5.41, 5.74) is 1.43. The number of benzene rings is 2. The summed E-state index contributed by atoms with van der Waals surface area (Å²) in [6, 6.07) is 16.8. The zero-order chi connectivity index (χ0) is 17.6. The number of carbonyl (C=O) groups excluding carboxylic acids is 1. The van der Waals surface area contributed by atoms with Gasteiger partial charge in [0.15, 0.2) is 0 Å². The molecule has 1 aliphatic heterocycles. The Kier molecular flexibility index (Phi) is 5.32. The van der Waals surface area contributed by atoms with Gasteiger partial charge < -0.3 is 24.9 Å². The third-order valence-corrected chi connectivity index (χ3v) is 3.57. The van der Waals surface area contributed by atoms with Crippen LogP contribution in [0.15, 0.2) is 59.8 Å². The van der Waals surface area contributed by atoms with E-state index in [0.29, 0.717) is 17.9 Å². The second kappa shape index (κ2) is 7.82. The molecule has 1 aliphatic rings. The first-order valence-corrected chi connectivity index (χ1v) is 7.81. The largest absolute Gasteiger partial charge is 0.472 e. The molecule has 0 bridgehead atoms. The highest BCUT2D eigenvalue weighted by Crippen LogP contribution is 2.24. The van der Waals surface area contributed by atoms with Crippen molar-refractivity contribution in [2.24, 2.45) is 5.16 Å². The molecule has 3 rings (SSSR count). The Bertz CT molecular complexity index is 767. The molecule has 0 saturated heterocycles. The number of nitrogens with one attached hydrogen (secondary N) is 1. The highest BCUT2D eigenvalue weighted by atomic mass is 16.6. The molecule has 1 atom stereocenters. The zero-order valence-corrected chi connectivity index (χ0v) is 13.3.